The van der Waals surface area contributed by atoms with E-state index in [2.05, 4.69) is 10.2 Å². The van der Waals surface area contributed by atoms with Crippen LogP contribution in [-0.2, 0) is 16.1 Å². The Morgan fingerprint density at radius 1 is 1.14 bits per heavy atom. The average molecular weight is 389 g/mol. The number of likely N-dealkylation sites (tertiary alicyclic amines) is 1. The van der Waals surface area contributed by atoms with Crippen molar-refractivity contribution in [1.29, 1.82) is 0 Å². The predicted octanol–water partition coefficient (Wildman–Crippen LogP) is 1.40. The molecular weight excluding hydrogens is 356 g/mol. The second-order valence-electron chi connectivity index (χ2n) is 8.18. The highest BCUT2D eigenvalue weighted by Gasteiger charge is 2.39. The SMILES string of the molecule is CN(C)C(=O)CN1CCOCC2(CCN(C(=O)NCc3ccccc3)CC2)C1. The van der Waals surface area contributed by atoms with Crippen molar-refractivity contribution < 1.29 is 14.3 Å². The molecule has 1 spiro atoms. The van der Waals surface area contributed by atoms with Gasteiger partial charge in [0, 0.05) is 52.2 Å². The first-order valence-electron chi connectivity index (χ1n) is 10.0. The number of likely N-dealkylation sites (N-methyl/N-ethyl adjacent to an activating group) is 1. The van der Waals surface area contributed by atoms with E-state index in [1.54, 1.807) is 19.0 Å². The Kier molecular flexibility index (Phi) is 6.91. The number of carbonyl (C=O) groups excluding carboxylic acids is 2. The summed E-state index contributed by atoms with van der Waals surface area (Å²) >= 11 is 0. The summed E-state index contributed by atoms with van der Waals surface area (Å²) < 4.78 is 5.88. The fourth-order valence-electron chi connectivity index (χ4n) is 3.92. The first-order valence-corrected chi connectivity index (χ1v) is 10.0. The molecule has 2 aliphatic heterocycles. The van der Waals surface area contributed by atoms with Gasteiger partial charge in [-0.3, -0.25) is 9.69 Å². The molecule has 0 aromatic heterocycles. The van der Waals surface area contributed by atoms with Gasteiger partial charge >= 0.3 is 6.03 Å². The third kappa shape index (κ3) is 5.45. The van der Waals surface area contributed by atoms with Crippen LogP contribution in [-0.4, -0.2) is 86.7 Å². The van der Waals surface area contributed by atoms with Crippen molar-refractivity contribution in [2.24, 2.45) is 5.41 Å². The molecule has 2 heterocycles. The predicted molar refractivity (Wildman–Crippen MR) is 108 cm³/mol. The number of benzene rings is 1. The molecule has 7 heteroatoms. The average Bonchev–Trinajstić information content (AvgIpc) is 2.89. The van der Waals surface area contributed by atoms with Gasteiger partial charge in [-0.25, -0.2) is 4.79 Å². The maximum absolute atomic E-state index is 12.5. The van der Waals surface area contributed by atoms with Crippen molar-refractivity contribution in [1.82, 2.24) is 20.0 Å². The smallest absolute Gasteiger partial charge is 0.317 e. The van der Waals surface area contributed by atoms with E-state index in [0.29, 0.717) is 26.3 Å². The molecule has 0 atom stereocenters. The van der Waals surface area contributed by atoms with E-state index < -0.39 is 0 Å². The van der Waals surface area contributed by atoms with E-state index in [1.807, 2.05) is 35.2 Å². The molecule has 2 saturated heterocycles. The molecule has 0 aliphatic carbocycles. The molecule has 1 N–H and O–H groups in total. The number of ether oxygens (including phenoxy) is 1. The number of hydrogen-bond donors (Lipinski definition) is 1. The lowest BCUT2D eigenvalue weighted by Crippen LogP contribution is -2.51. The minimum atomic E-state index is -0.00659. The number of hydrogen-bond acceptors (Lipinski definition) is 4. The van der Waals surface area contributed by atoms with Crippen LogP contribution in [0.3, 0.4) is 0 Å². The number of rotatable bonds is 4. The third-order valence-electron chi connectivity index (χ3n) is 5.77. The maximum atomic E-state index is 12.5. The lowest BCUT2D eigenvalue weighted by atomic mass is 9.78. The molecule has 28 heavy (non-hydrogen) atoms. The van der Waals surface area contributed by atoms with Crippen LogP contribution in [0.1, 0.15) is 18.4 Å². The van der Waals surface area contributed by atoms with Crippen LogP contribution in [0.15, 0.2) is 30.3 Å². The molecule has 1 aromatic carbocycles. The zero-order valence-electron chi connectivity index (χ0n) is 17.0. The minimum Gasteiger partial charge on any atom is -0.379 e. The first kappa shape index (κ1) is 20.6. The Labute approximate surface area is 167 Å². The van der Waals surface area contributed by atoms with Crippen molar-refractivity contribution in [3.05, 3.63) is 35.9 Å². The lowest BCUT2D eigenvalue weighted by molar-refractivity contribution is -0.130. The highest BCUT2D eigenvalue weighted by molar-refractivity contribution is 5.77. The molecule has 154 valence electrons. The Morgan fingerprint density at radius 2 is 1.86 bits per heavy atom. The number of nitrogens with zero attached hydrogens (tertiary/aromatic N) is 3. The molecule has 2 aliphatic rings. The summed E-state index contributed by atoms with van der Waals surface area (Å²) in [6, 6.07) is 9.94. The van der Waals surface area contributed by atoms with Gasteiger partial charge in [-0.1, -0.05) is 30.3 Å². The molecule has 0 radical (unpaired) electrons. The van der Waals surface area contributed by atoms with E-state index in [1.165, 1.54) is 0 Å². The fourth-order valence-corrected chi connectivity index (χ4v) is 3.92. The third-order valence-corrected chi connectivity index (χ3v) is 5.77. The van der Waals surface area contributed by atoms with Crippen LogP contribution in [0.25, 0.3) is 0 Å². The van der Waals surface area contributed by atoms with Gasteiger partial charge < -0.3 is 19.9 Å². The Balaban J connectivity index is 1.51. The van der Waals surface area contributed by atoms with Crippen molar-refractivity contribution in [3.63, 3.8) is 0 Å². The number of amides is 3. The monoisotopic (exact) mass is 388 g/mol. The van der Waals surface area contributed by atoms with Crippen LogP contribution in [0.2, 0.25) is 0 Å². The molecular formula is C21H32N4O3. The van der Waals surface area contributed by atoms with E-state index >= 15 is 0 Å². The standard InChI is InChI=1S/C21H32N4O3/c1-23(2)19(26)15-24-12-13-28-17-21(16-24)8-10-25(11-9-21)20(27)22-14-18-6-4-3-5-7-18/h3-7H,8-17H2,1-2H3,(H,22,27). The topological polar surface area (TPSA) is 65.1 Å². The summed E-state index contributed by atoms with van der Waals surface area (Å²) in [5.74, 6) is 0.120. The Bertz CT molecular complexity index is 657. The first-order chi connectivity index (χ1) is 13.5. The number of urea groups is 1. The molecule has 3 amide bonds. The molecule has 3 rings (SSSR count). The summed E-state index contributed by atoms with van der Waals surface area (Å²) in [5, 5.41) is 3.01. The normalized spacial score (nSPS) is 19.9. The number of nitrogens with one attached hydrogen (secondary N) is 1. The van der Waals surface area contributed by atoms with Gasteiger partial charge in [-0.05, 0) is 18.4 Å². The van der Waals surface area contributed by atoms with Gasteiger partial charge in [0.25, 0.3) is 0 Å². The van der Waals surface area contributed by atoms with Crippen LogP contribution in [0.4, 0.5) is 4.79 Å². The van der Waals surface area contributed by atoms with Crippen LogP contribution in [0, 0.1) is 5.41 Å². The van der Waals surface area contributed by atoms with Gasteiger partial charge in [0.15, 0.2) is 0 Å². The van der Waals surface area contributed by atoms with Crippen LogP contribution >= 0.6 is 0 Å². The van der Waals surface area contributed by atoms with Crippen LogP contribution in [0.5, 0.6) is 0 Å². The minimum absolute atomic E-state index is 0.00659. The molecule has 0 saturated carbocycles. The molecule has 1 aromatic rings. The van der Waals surface area contributed by atoms with Gasteiger partial charge in [-0.2, -0.15) is 0 Å². The van der Waals surface area contributed by atoms with E-state index in [0.717, 1.165) is 44.6 Å². The summed E-state index contributed by atoms with van der Waals surface area (Å²) in [4.78, 5) is 30.4. The zero-order valence-corrected chi connectivity index (χ0v) is 17.0. The van der Waals surface area contributed by atoms with Gasteiger partial charge in [0.2, 0.25) is 5.91 Å². The largest absolute Gasteiger partial charge is 0.379 e. The van der Waals surface area contributed by atoms with Crippen molar-refractivity contribution >= 4 is 11.9 Å². The van der Waals surface area contributed by atoms with Crippen molar-refractivity contribution in [2.45, 2.75) is 19.4 Å². The second-order valence-corrected chi connectivity index (χ2v) is 8.18. The van der Waals surface area contributed by atoms with Gasteiger partial charge in [0.1, 0.15) is 0 Å². The molecule has 7 nitrogen and oxygen atoms in total. The second kappa shape index (κ2) is 9.39. The lowest BCUT2D eigenvalue weighted by Gasteiger charge is -2.42. The van der Waals surface area contributed by atoms with Crippen molar-refractivity contribution in [3.8, 4) is 0 Å². The highest BCUT2D eigenvalue weighted by Crippen LogP contribution is 2.34. The fraction of sp³-hybridized carbons (Fsp3) is 0.619. The van der Waals surface area contributed by atoms with Gasteiger partial charge in [-0.15, -0.1) is 0 Å². The van der Waals surface area contributed by atoms with Gasteiger partial charge in [0.05, 0.1) is 19.8 Å². The maximum Gasteiger partial charge on any atom is 0.317 e. The van der Waals surface area contributed by atoms with E-state index in [4.69, 9.17) is 4.74 Å². The zero-order chi connectivity index (χ0) is 20.0. The Hall–Kier alpha value is -2.12. The summed E-state index contributed by atoms with van der Waals surface area (Å²) in [7, 11) is 3.58. The highest BCUT2D eigenvalue weighted by atomic mass is 16.5. The molecule has 2 fully saturated rings. The van der Waals surface area contributed by atoms with Crippen molar-refractivity contribution in [2.75, 3.05) is 60.0 Å². The van der Waals surface area contributed by atoms with E-state index in [-0.39, 0.29) is 17.4 Å². The summed E-state index contributed by atoms with van der Waals surface area (Å²) in [5.41, 5.74) is 1.13. The van der Waals surface area contributed by atoms with E-state index in [9.17, 15) is 9.59 Å². The quantitative estimate of drug-likeness (QED) is 0.847. The number of piperidine rings is 1. The molecule has 0 bridgehead atoms. The summed E-state index contributed by atoms with van der Waals surface area (Å²) in [6.45, 7) is 5.42. The molecule has 0 unspecified atom stereocenters. The number of carbonyl (C=O) groups is 2. The van der Waals surface area contributed by atoms with Crippen LogP contribution < -0.4 is 5.32 Å². The Morgan fingerprint density at radius 3 is 2.54 bits per heavy atom. The summed E-state index contributed by atoms with van der Waals surface area (Å²) in [6.07, 6.45) is 1.80.